The Labute approximate surface area is 226 Å². The molecule has 0 saturated carbocycles. The van der Waals surface area contributed by atoms with Gasteiger partial charge < -0.3 is 19.7 Å². The molecule has 0 bridgehead atoms. The third-order valence-corrected chi connectivity index (χ3v) is 6.24. The van der Waals surface area contributed by atoms with E-state index < -0.39 is 17.9 Å². The van der Waals surface area contributed by atoms with Gasteiger partial charge in [-0.15, -0.1) is 0 Å². The minimum Gasteiger partial charge on any atom is -0.494 e. The maximum Gasteiger partial charge on any atom is 0.338 e. The number of hydrogen-bond donors (Lipinski definition) is 1. The molecule has 196 valence electrons. The molecule has 3 aromatic rings. The summed E-state index contributed by atoms with van der Waals surface area (Å²) in [5.41, 5.74) is 2.04. The van der Waals surface area contributed by atoms with Gasteiger partial charge >= 0.3 is 5.97 Å². The standard InChI is InChI=1S/C28H28N4O5S/c1-3-36-23-13-11-22(12-14-23)32-26(34)24(31(28(32)38)18-21-9-5-6-15-29-21)17-25(33)30-20-10-7-8-19(16-20)27(35)37-4-2/h5-16,24H,3-4,17-18H2,1-2H3,(H,30,33)/t24-/m1/s1. The molecule has 2 heterocycles. The number of rotatable bonds is 10. The second-order valence-electron chi connectivity index (χ2n) is 8.40. The maximum absolute atomic E-state index is 13.6. The van der Waals surface area contributed by atoms with Crippen LogP contribution in [0.3, 0.4) is 0 Å². The molecule has 0 unspecified atom stereocenters. The summed E-state index contributed by atoms with van der Waals surface area (Å²) in [5.74, 6) is -0.509. The number of hydrogen-bond acceptors (Lipinski definition) is 7. The highest BCUT2D eigenvalue weighted by Gasteiger charge is 2.44. The summed E-state index contributed by atoms with van der Waals surface area (Å²) < 4.78 is 10.5. The highest BCUT2D eigenvalue weighted by atomic mass is 32.1. The summed E-state index contributed by atoms with van der Waals surface area (Å²) in [6.07, 6.45) is 1.52. The highest BCUT2D eigenvalue weighted by Crippen LogP contribution is 2.30. The Hall–Kier alpha value is -4.31. The second-order valence-corrected chi connectivity index (χ2v) is 8.77. The van der Waals surface area contributed by atoms with Gasteiger partial charge in [-0.05, 0) is 80.7 Å². The Bertz CT molecular complexity index is 1320. The number of ether oxygens (including phenoxy) is 2. The Morgan fingerprint density at radius 3 is 2.50 bits per heavy atom. The fourth-order valence-corrected chi connectivity index (χ4v) is 4.49. The van der Waals surface area contributed by atoms with Crippen LogP contribution in [0.25, 0.3) is 0 Å². The fraction of sp³-hybridized carbons (Fsp3) is 0.250. The number of pyridine rings is 1. The van der Waals surface area contributed by atoms with Crippen molar-refractivity contribution in [3.63, 3.8) is 0 Å². The molecule has 0 aliphatic carbocycles. The first-order valence-electron chi connectivity index (χ1n) is 12.3. The van der Waals surface area contributed by atoms with Crippen LogP contribution >= 0.6 is 12.2 Å². The molecule has 0 spiro atoms. The van der Waals surface area contributed by atoms with E-state index in [1.807, 2.05) is 19.1 Å². The van der Waals surface area contributed by atoms with Crippen LogP contribution in [0.4, 0.5) is 11.4 Å². The molecule has 9 nitrogen and oxygen atoms in total. The number of esters is 1. The normalized spacial score (nSPS) is 14.9. The van der Waals surface area contributed by atoms with E-state index in [1.54, 1.807) is 66.6 Å². The molecule has 1 aromatic heterocycles. The van der Waals surface area contributed by atoms with Gasteiger partial charge in [-0.3, -0.25) is 19.5 Å². The second kappa shape index (κ2) is 12.3. The van der Waals surface area contributed by atoms with Crippen molar-refractivity contribution in [2.45, 2.75) is 32.9 Å². The molecule has 38 heavy (non-hydrogen) atoms. The molecule has 1 saturated heterocycles. The molecule has 1 fully saturated rings. The molecule has 4 rings (SSSR count). The van der Waals surface area contributed by atoms with Gasteiger partial charge in [0.2, 0.25) is 5.91 Å². The Balaban J connectivity index is 1.56. The summed E-state index contributed by atoms with van der Waals surface area (Å²) >= 11 is 5.72. The zero-order valence-electron chi connectivity index (χ0n) is 21.1. The Morgan fingerprint density at radius 1 is 1.03 bits per heavy atom. The molecule has 0 radical (unpaired) electrons. The van der Waals surface area contributed by atoms with Gasteiger partial charge in [0.1, 0.15) is 11.8 Å². The number of aromatic nitrogens is 1. The number of anilines is 2. The summed E-state index contributed by atoms with van der Waals surface area (Å²) in [6.45, 7) is 4.65. The van der Waals surface area contributed by atoms with Crippen LogP contribution < -0.4 is 15.0 Å². The number of carbonyl (C=O) groups excluding carboxylic acids is 3. The average molecular weight is 533 g/mol. The lowest BCUT2D eigenvalue weighted by atomic mass is 10.1. The SMILES string of the molecule is CCOC(=O)c1cccc(NC(=O)C[C@@H]2C(=O)N(c3ccc(OCC)cc3)C(=S)N2Cc2ccccn2)c1. The molecular formula is C28H28N4O5S. The van der Waals surface area contributed by atoms with Crippen molar-refractivity contribution in [2.75, 3.05) is 23.4 Å². The van der Waals surface area contributed by atoms with Crippen LogP contribution in [0.2, 0.25) is 0 Å². The van der Waals surface area contributed by atoms with Crippen molar-refractivity contribution >= 4 is 46.5 Å². The number of thiocarbonyl (C=S) groups is 1. The largest absolute Gasteiger partial charge is 0.494 e. The van der Waals surface area contributed by atoms with E-state index in [0.29, 0.717) is 35.0 Å². The lowest BCUT2D eigenvalue weighted by molar-refractivity contribution is -0.124. The van der Waals surface area contributed by atoms with Crippen LogP contribution in [0.5, 0.6) is 5.75 Å². The van der Waals surface area contributed by atoms with Crippen LogP contribution in [-0.4, -0.2) is 52.0 Å². The van der Waals surface area contributed by atoms with Crippen LogP contribution in [0, 0.1) is 0 Å². The monoisotopic (exact) mass is 532 g/mol. The number of amides is 2. The molecule has 1 N–H and O–H groups in total. The van der Waals surface area contributed by atoms with Crippen molar-refractivity contribution in [3.8, 4) is 5.75 Å². The number of benzene rings is 2. The minimum atomic E-state index is -0.843. The molecule has 2 amide bonds. The zero-order chi connectivity index (χ0) is 27.1. The lowest BCUT2D eigenvalue weighted by Gasteiger charge is -2.23. The maximum atomic E-state index is 13.6. The van der Waals surface area contributed by atoms with Crippen molar-refractivity contribution in [3.05, 3.63) is 84.2 Å². The molecule has 1 aliphatic rings. The van der Waals surface area contributed by atoms with Gasteiger partial charge in [0.25, 0.3) is 5.91 Å². The minimum absolute atomic E-state index is 0.150. The molecule has 2 aromatic carbocycles. The zero-order valence-corrected chi connectivity index (χ0v) is 21.9. The van der Waals surface area contributed by atoms with Gasteiger partial charge in [-0.25, -0.2) is 4.79 Å². The fourth-order valence-electron chi connectivity index (χ4n) is 4.10. The third-order valence-electron chi connectivity index (χ3n) is 5.82. The summed E-state index contributed by atoms with van der Waals surface area (Å²) in [4.78, 5) is 46.3. The summed E-state index contributed by atoms with van der Waals surface area (Å²) in [5, 5.41) is 3.07. The van der Waals surface area contributed by atoms with Crippen molar-refractivity contribution in [2.24, 2.45) is 0 Å². The summed E-state index contributed by atoms with van der Waals surface area (Å²) in [6, 6.07) is 18.2. The smallest absolute Gasteiger partial charge is 0.338 e. The predicted molar refractivity (Wildman–Crippen MR) is 147 cm³/mol. The number of nitrogens with one attached hydrogen (secondary N) is 1. The highest BCUT2D eigenvalue weighted by molar-refractivity contribution is 7.80. The van der Waals surface area contributed by atoms with Gasteiger partial charge in [0.05, 0.1) is 43.1 Å². The van der Waals surface area contributed by atoms with Crippen molar-refractivity contribution in [1.29, 1.82) is 0 Å². The lowest BCUT2D eigenvalue weighted by Crippen LogP contribution is -2.37. The Morgan fingerprint density at radius 2 is 1.82 bits per heavy atom. The number of nitrogens with zero attached hydrogens (tertiary/aromatic N) is 3. The van der Waals surface area contributed by atoms with Crippen molar-refractivity contribution < 1.29 is 23.9 Å². The first-order chi connectivity index (χ1) is 18.4. The number of carbonyl (C=O) groups is 3. The van der Waals surface area contributed by atoms with E-state index in [2.05, 4.69) is 10.3 Å². The first kappa shape index (κ1) is 26.7. The molecule has 1 aliphatic heterocycles. The predicted octanol–water partition coefficient (Wildman–Crippen LogP) is 4.19. The topological polar surface area (TPSA) is 101 Å². The third kappa shape index (κ3) is 6.15. The van der Waals surface area contributed by atoms with E-state index >= 15 is 0 Å². The first-order valence-corrected chi connectivity index (χ1v) is 12.7. The quantitative estimate of drug-likeness (QED) is 0.307. The molecule has 1 atom stereocenters. The van der Waals surface area contributed by atoms with E-state index in [1.165, 1.54) is 11.0 Å². The molecular weight excluding hydrogens is 504 g/mol. The van der Waals surface area contributed by atoms with Crippen molar-refractivity contribution in [1.82, 2.24) is 9.88 Å². The van der Waals surface area contributed by atoms with E-state index in [9.17, 15) is 14.4 Å². The van der Waals surface area contributed by atoms with Gasteiger partial charge in [-0.2, -0.15) is 0 Å². The van der Waals surface area contributed by atoms with Crippen LogP contribution in [0.15, 0.2) is 72.9 Å². The van der Waals surface area contributed by atoms with Crippen LogP contribution in [-0.2, 0) is 20.9 Å². The Kier molecular flexibility index (Phi) is 8.65. The summed E-state index contributed by atoms with van der Waals surface area (Å²) in [7, 11) is 0. The van der Waals surface area contributed by atoms with E-state index in [-0.39, 0.29) is 30.6 Å². The van der Waals surface area contributed by atoms with E-state index in [0.717, 1.165) is 0 Å². The average Bonchev–Trinajstić information content (AvgIpc) is 3.14. The molecule has 10 heteroatoms. The van der Waals surface area contributed by atoms with Gasteiger partial charge in [0, 0.05) is 11.9 Å². The van der Waals surface area contributed by atoms with E-state index in [4.69, 9.17) is 21.7 Å². The van der Waals surface area contributed by atoms with Gasteiger partial charge in [0.15, 0.2) is 5.11 Å². The van der Waals surface area contributed by atoms with Gasteiger partial charge in [-0.1, -0.05) is 12.1 Å². The van der Waals surface area contributed by atoms with Crippen LogP contribution in [0.1, 0.15) is 36.3 Å².